The molecule has 0 unspecified atom stereocenters. The summed E-state index contributed by atoms with van der Waals surface area (Å²) in [5, 5.41) is 12.4. The van der Waals surface area contributed by atoms with Crippen molar-refractivity contribution in [3.05, 3.63) is 59.9 Å². The van der Waals surface area contributed by atoms with E-state index in [0.29, 0.717) is 12.4 Å². The number of aryl methyl sites for hydroxylation is 1. The van der Waals surface area contributed by atoms with Gasteiger partial charge in [0.05, 0.1) is 6.61 Å². The van der Waals surface area contributed by atoms with Crippen LogP contribution in [0.3, 0.4) is 0 Å². The molecule has 7 heteroatoms. The minimum absolute atomic E-state index is 0.265. The van der Waals surface area contributed by atoms with Gasteiger partial charge in [0.15, 0.2) is 4.34 Å². The molecule has 0 spiro atoms. The lowest BCUT2D eigenvalue weighted by atomic mass is 10.2. The molecule has 24 heavy (non-hydrogen) atoms. The summed E-state index contributed by atoms with van der Waals surface area (Å²) in [7, 11) is 0. The Balaban J connectivity index is 1.46. The van der Waals surface area contributed by atoms with E-state index in [2.05, 4.69) is 15.5 Å². The van der Waals surface area contributed by atoms with Gasteiger partial charge in [-0.2, -0.15) is 0 Å². The number of hydrogen-bond acceptors (Lipinski definition) is 6. The van der Waals surface area contributed by atoms with Crippen molar-refractivity contribution in [1.29, 1.82) is 0 Å². The summed E-state index contributed by atoms with van der Waals surface area (Å²) in [6, 6.07) is 14.1. The number of nitrogens with one attached hydrogen (secondary N) is 1. The van der Waals surface area contributed by atoms with Crippen molar-refractivity contribution < 1.29 is 9.13 Å². The lowest BCUT2D eigenvalue weighted by Crippen LogP contribution is -1.99. The summed E-state index contributed by atoms with van der Waals surface area (Å²) < 4.78 is 19.2. The summed E-state index contributed by atoms with van der Waals surface area (Å²) in [5.74, 6) is 1.14. The molecule has 0 saturated carbocycles. The Labute approximate surface area is 148 Å². The Morgan fingerprint density at radius 1 is 1.12 bits per heavy atom. The molecule has 1 heterocycles. The highest BCUT2D eigenvalue weighted by Gasteiger charge is 2.06. The van der Waals surface area contributed by atoms with E-state index >= 15 is 0 Å². The van der Waals surface area contributed by atoms with Crippen LogP contribution in [0.25, 0.3) is 0 Å². The molecule has 0 aliphatic rings. The second-order valence-corrected chi connectivity index (χ2v) is 7.28. The van der Waals surface area contributed by atoms with Gasteiger partial charge >= 0.3 is 0 Å². The fourth-order valence-corrected chi connectivity index (χ4v) is 3.62. The highest BCUT2D eigenvalue weighted by molar-refractivity contribution is 8.01. The zero-order valence-electron chi connectivity index (χ0n) is 13.0. The Morgan fingerprint density at radius 3 is 2.71 bits per heavy atom. The largest absolute Gasteiger partial charge is 0.493 e. The zero-order valence-corrected chi connectivity index (χ0v) is 14.7. The number of rotatable bonds is 7. The number of benzene rings is 2. The predicted molar refractivity (Wildman–Crippen MR) is 97.0 cm³/mol. The van der Waals surface area contributed by atoms with Crippen LogP contribution in [0.15, 0.2) is 52.9 Å². The maximum atomic E-state index is 12.8. The topological polar surface area (TPSA) is 47.0 Å². The van der Waals surface area contributed by atoms with Crippen LogP contribution >= 0.6 is 23.1 Å². The lowest BCUT2D eigenvalue weighted by Gasteiger charge is -2.05. The first-order chi connectivity index (χ1) is 11.7. The van der Waals surface area contributed by atoms with Gasteiger partial charge in [0.1, 0.15) is 11.6 Å². The molecule has 0 atom stereocenters. The van der Waals surface area contributed by atoms with E-state index in [1.807, 2.05) is 31.2 Å². The smallest absolute Gasteiger partial charge is 0.210 e. The molecule has 0 fully saturated rings. The maximum Gasteiger partial charge on any atom is 0.210 e. The van der Waals surface area contributed by atoms with Crippen molar-refractivity contribution in [2.24, 2.45) is 0 Å². The van der Waals surface area contributed by atoms with Crippen molar-refractivity contribution in [2.75, 3.05) is 17.7 Å². The first kappa shape index (κ1) is 16.7. The van der Waals surface area contributed by atoms with Crippen LogP contribution in [0.5, 0.6) is 5.75 Å². The van der Waals surface area contributed by atoms with Crippen LogP contribution in [-0.2, 0) is 0 Å². The molecule has 0 radical (unpaired) electrons. The average Bonchev–Trinajstić information content (AvgIpc) is 3.03. The zero-order chi connectivity index (χ0) is 16.8. The van der Waals surface area contributed by atoms with Crippen LogP contribution in [0.1, 0.15) is 5.56 Å². The highest BCUT2D eigenvalue weighted by Crippen LogP contribution is 2.28. The third-order valence-electron chi connectivity index (χ3n) is 3.18. The molecule has 2 aromatic carbocycles. The molecular weight excluding hydrogens is 345 g/mol. The molecule has 1 aromatic heterocycles. The van der Waals surface area contributed by atoms with Gasteiger partial charge < -0.3 is 10.1 Å². The monoisotopic (exact) mass is 361 g/mol. The van der Waals surface area contributed by atoms with Gasteiger partial charge in [0.25, 0.3) is 0 Å². The molecule has 0 aliphatic heterocycles. The maximum absolute atomic E-state index is 12.8. The third-order valence-corrected chi connectivity index (χ3v) is 5.12. The van der Waals surface area contributed by atoms with Crippen molar-refractivity contribution in [1.82, 2.24) is 10.2 Å². The second-order valence-electron chi connectivity index (χ2n) is 4.96. The van der Waals surface area contributed by atoms with E-state index < -0.39 is 0 Å². The van der Waals surface area contributed by atoms with Gasteiger partial charge in [-0.25, -0.2) is 4.39 Å². The minimum atomic E-state index is -0.265. The number of hydrogen-bond donors (Lipinski definition) is 1. The molecule has 1 N–H and O–H groups in total. The number of halogens is 1. The first-order valence-electron chi connectivity index (χ1n) is 7.38. The van der Waals surface area contributed by atoms with E-state index in [1.165, 1.54) is 23.5 Å². The summed E-state index contributed by atoms with van der Waals surface area (Å²) in [6.07, 6.45) is 0. The van der Waals surface area contributed by atoms with Gasteiger partial charge in [-0.1, -0.05) is 41.3 Å². The van der Waals surface area contributed by atoms with E-state index in [1.54, 1.807) is 23.9 Å². The van der Waals surface area contributed by atoms with Gasteiger partial charge in [-0.05, 0) is 42.8 Å². The molecule has 0 bridgehead atoms. The summed E-state index contributed by atoms with van der Waals surface area (Å²) in [4.78, 5) is 0. The van der Waals surface area contributed by atoms with Crippen molar-refractivity contribution in [3.63, 3.8) is 0 Å². The van der Waals surface area contributed by atoms with Crippen molar-refractivity contribution in [3.8, 4) is 5.75 Å². The summed E-state index contributed by atoms with van der Waals surface area (Å²) in [6.45, 7) is 2.57. The lowest BCUT2D eigenvalue weighted by molar-refractivity contribution is 0.343. The molecule has 0 aliphatic carbocycles. The third kappa shape index (κ3) is 4.69. The number of para-hydroxylation sites is 1. The van der Waals surface area contributed by atoms with E-state index in [4.69, 9.17) is 4.74 Å². The van der Waals surface area contributed by atoms with E-state index in [0.717, 1.165) is 26.5 Å². The quantitative estimate of drug-likeness (QED) is 0.479. The van der Waals surface area contributed by atoms with Crippen LogP contribution in [-0.4, -0.2) is 22.6 Å². The summed E-state index contributed by atoms with van der Waals surface area (Å²) >= 11 is 3.09. The van der Waals surface area contributed by atoms with Crippen LogP contribution in [0.2, 0.25) is 0 Å². The van der Waals surface area contributed by atoms with Crippen LogP contribution in [0, 0.1) is 12.7 Å². The van der Waals surface area contributed by atoms with Crippen molar-refractivity contribution >= 4 is 33.9 Å². The van der Waals surface area contributed by atoms with Gasteiger partial charge in [0, 0.05) is 11.4 Å². The first-order valence-corrected chi connectivity index (χ1v) is 9.18. The normalized spacial score (nSPS) is 10.6. The number of aromatic nitrogens is 2. The molecule has 4 nitrogen and oxygen atoms in total. The van der Waals surface area contributed by atoms with Gasteiger partial charge in [-0.15, -0.1) is 10.2 Å². The number of anilines is 2. The molecule has 3 aromatic rings. The molecule has 0 saturated heterocycles. The molecule has 124 valence electrons. The van der Waals surface area contributed by atoms with Gasteiger partial charge in [-0.3, -0.25) is 0 Å². The fraction of sp³-hybridized carbons (Fsp3) is 0.176. The van der Waals surface area contributed by atoms with E-state index in [-0.39, 0.29) is 5.82 Å². The standard InChI is InChI=1S/C17H16FN3OS2/c1-12-4-2-3-5-15(12)19-16-20-21-17(24-16)23-11-10-22-14-8-6-13(18)7-9-14/h2-9H,10-11H2,1H3,(H,19,20). The van der Waals surface area contributed by atoms with Crippen molar-refractivity contribution in [2.45, 2.75) is 11.3 Å². The van der Waals surface area contributed by atoms with Crippen LogP contribution < -0.4 is 10.1 Å². The molecule has 3 rings (SSSR count). The SMILES string of the molecule is Cc1ccccc1Nc1nnc(SCCOc2ccc(F)cc2)s1. The second kappa shape index (κ2) is 8.12. The summed E-state index contributed by atoms with van der Waals surface area (Å²) in [5.41, 5.74) is 2.19. The number of ether oxygens (including phenoxy) is 1. The molecular formula is C17H16FN3OS2. The number of thioether (sulfide) groups is 1. The Morgan fingerprint density at radius 2 is 1.92 bits per heavy atom. The van der Waals surface area contributed by atoms with Crippen LogP contribution in [0.4, 0.5) is 15.2 Å². The highest BCUT2D eigenvalue weighted by atomic mass is 32.2. The Kier molecular flexibility index (Phi) is 5.66. The van der Waals surface area contributed by atoms with E-state index in [9.17, 15) is 4.39 Å². The fourth-order valence-electron chi connectivity index (χ4n) is 1.97. The Bertz CT molecular complexity index is 793. The molecule has 0 amide bonds. The Hall–Kier alpha value is -2.12. The average molecular weight is 361 g/mol. The minimum Gasteiger partial charge on any atom is -0.493 e. The van der Waals surface area contributed by atoms with Gasteiger partial charge in [0.2, 0.25) is 5.13 Å². The number of nitrogens with zero attached hydrogens (tertiary/aromatic N) is 2. The predicted octanol–water partition coefficient (Wildman–Crippen LogP) is 4.90.